The summed E-state index contributed by atoms with van der Waals surface area (Å²) in [5.74, 6) is -0.255. The first-order chi connectivity index (χ1) is 5.60. The van der Waals surface area contributed by atoms with Crippen molar-refractivity contribution in [3.63, 3.8) is 0 Å². The second kappa shape index (κ2) is 4.09. The smallest absolute Gasteiger partial charge is 0.306 e. The van der Waals surface area contributed by atoms with E-state index in [1.165, 1.54) is 0 Å². The lowest BCUT2D eigenvalue weighted by atomic mass is 9.92. The standard InChI is InChI=1S/C10H20O3/c1-9(2,3)6-8(11)13-7-10(4,5)12/h12H,6-7H2,1-5H3. The molecule has 0 rings (SSSR count). The monoisotopic (exact) mass is 188 g/mol. The van der Waals surface area contributed by atoms with Crippen LogP contribution in [0.3, 0.4) is 0 Å². The van der Waals surface area contributed by atoms with Gasteiger partial charge >= 0.3 is 5.97 Å². The molecular formula is C10H20O3. The van der Waals surface area contributed by atoms with E-state index in [2.05, 4.69) is 0 Å². The molecule has 0 heterocycles. The Hall–Kier alpha value is -0.570. The van der Waals surface area contributed by atoms with Crippen molar-refractivity contribution >= 4 is 5.97 Å². The van der Waals surface area contributed by atoms with Crippen molar-refractivity contribution < 1.29 is 14.6 Å². The molecule has 3 heteroatoms. The summed E-state index contributed by atoms with van der Waals surface area (Å²) < 4.78 is 4.89. The summed E-state index contributed by atoms with van der Waals surface area (Å²) in [6.07, 6.45) is 0.378. The minimum Gasteiger partial charge on any atom is -0.463 e. The third kappa shape index (κ3) is 9.34. The Bertz CT molecular complexity index is 172. The molecule has 0 saturated heterocycles. The van der Waals surface area contributed by atoms with Crippen molar-refractivity contribution in [2.45, 2.75) is 46.6 Å². The van der Waals surface area contributed by atoms with Crippen LogP contribution in [0.1, 0.15) is 41.0 Å². The average molecular weight is 188 g/mol. The van der Waals surface area contributed by atoms with Gasteiger partial charge in [0.2, 0.25) is 0 Å². The molecule has 0 aromatic heterocycles. The Balaban J connectivity index is 3.78. The van der Waals surface area contributed by atoms with Crippen LogP contribution in [-0.2, 0) is 9.53 Å². The lowest BCUT2D eigenvalue weighted by molar-refractivity contribution is -0.151. The molecule has 0 amide bonds. The minimum absolute atomic E-state index is 0.0575. The molecule has 78 valence electrons. The Labute approximate surface area is 80.1 Å². The number of carbonyl (C=O) groups excluding carboxylic acids is 1. The third-order valence-corrected chi connectivity index (χ3v) is 1.26. The summed E-state index contributed by atoms with van der Waals surface area (Å²) in [5, 5.41) is 9.29. The lowest BCUT2D eigenvalue weighted by Gasteiger charge is -2.20. The first-order valence-electron chi connectivity index (χ1n) is 4.48. The number of ether oxygens (including phenoxy) is 1. The zero-order valence-corrected chi connectivity index (χ0v) is 9.18. The molecule has 0 aliphatic carbocycles. The minimum atomic E-state index is -0.937. The fourth-order valence-corrected chi connectivity index (χ4v) is 0.741. The lowest BCUT2D eigenvalue weighted by Crippen LogP contribution is -2.29. The van der Waals surface area contributed by atoms with Crippen LogP contribution < -0.4 is 0 Å². The van der Waals surface area contributed by atoms with Crippen molar-refractivity contribution in [2.75, 3.05) is 6.61 Å². The van der Waals surface area contributed by atoms with Gasteiger partial charge in [-0.15, -0.1) is 0 Å². The maximum absolute atomic E-state index is 11.2. The van der Waals surface area contributed by atoms with Crippen molar-refractivity contribution in [3.8, 4) is 0 Å². The fourth-order valence-electron chi connectivity index (χ4n) is 0.741. The van der Waals surface area contributed by atoms with Gasteiger partial charge in [-0.2, -0.15) is 0 Å². The van der Waals surface area contributed by atoms with Gasteiger partial charge in [0.15, 0.2) is 0 Å². The zero-order chi connectivity index (χ0) is 10.7. The number of rotatable bonds is 3. The van der Waals surface area contributed by atoms with Crippen LogP contribution in [0.25, 0.3) is 0 Å². The second-order valence-corrected chi connectivity index (χ2v) is 5.21. The molecule has 0 aliphatic heterocycles. The highest BCUT2D eigenvalue weighted by Gasteiger charge is 2.20. The molecule has 3 nitrogen and oxygen atoms in total. The first-order valence-corrected chi connectivity index (χ1v) is 4.48. The molecule has 0 atom stereocenters. The highest BCUT2D eigenvalue weighted by atomic mass is 16.5. The van der Waals surface area contributed by atoms with Gasteiger partial charge < -0.3 is 9.84 Å². The number of hydrogen-bond donors (Lipinski definition) is 1. The number of hydrogen-bond acceptors (Lipinski definition) is 3. The highest BCUT2D eigenvalue weighted by molar-refractivity contribution is 5.70. The van der Waals surface area contributed by atoms with Gasteiger partial charge in [0, 0.05) is 0 Å². The number of aliphatic hydroxyl groups is 1. The van der Waals surface area contributed by atoms with E-state index in [1.54, 1.807) is 13.8 Å². The van der Waals surface area contributed by atoms with Gasteiger partial charge in [-0.3, -0.25) is 4.79 Å². The van der Waals surface area contributed by atoms with E-state index in [4.69, 9.17) is 4.74 Å². The van der Waals surface area contributed by atoms with Crippen LogP contribution in [0.15, 0.2) is 0 Å². The van der Waals surface area contributed by atoms with E-state index >= 15 is 0 Å². The molecule has 0 radical (unpaired) electrons. The maximum Gasteiger partial charge on any atom is 0.306 e. The predicted octanol–water partition coefficient (Wildman–Crippen LogP) is 1.74. The summed E-state index contributed by atoms with van der Waals surface area (Å²) in [4.78, 5) is 11.2. The maximum atomic E-state index is 11.2. The molecule has 0 saturated carbocycles. The topological polar surface area (TPSA) is 46.5 Å². The predicted molar refractivity (Wildman–Crippen MR) is 51.3 cm³/mol. The largest absolute Gasteiger partial charge is 0.463 e. The molecule has 0 aliphatic rings. The third-order valence-electron chi connectivity index (χ3n) is 1.26. The molecule has 0 spiro atoms. The van der Waals surface area contributed by atoms with Gasteiger partial charge in [0.25, 0.3) is 0 Å². The molecule has 13 heavy (non-hydrogen) atoms. The number of esters is 1. The SMILES string of the molecule is CC(C)(C)CC(=O)OCC(C)(C)O. The van der Waals surface area contributed by atoms with Crippen LogP contribution in [0, 0.1) is 5.41 Å². The van der Waals surface area contributed by atoms with E-state index in [0.717, 1.165) is 0 Å². The van der Waals surface area contributed by atoms with Crippen LogP contribution in [0.4, 0.5) is 0 Å². The highest BCUT2D eigenvalue weighted by Crippen LogP contribution is 2.19. The normalized spacial score (nSPS) is 12.8. The molecule has 0 fully saturated rings. The van der Waals surface area contributed by atoms with Gasteiger partial charge in [-0.05, 0) is 19.3 Å². The van der Waals surface area contributed by atoms with Gasteiger partial charge in [0.1, 0.15) is 6.61 Å². The Morgan fingerprint density at radius 2 is 1.69 bits per heavy atom. The van der Waals surface area contributed by atoms with Crippen LogP contribution >= 0.6 is 0 Å². The molecule has 0 bridgehead atoms. The zero-order valence-electron chi connectivity index (χ0n) is 9.18. The quantitative estimate of drug-likeness (QED) is 0.686. The van der Waals surface area contributed by atoms with E-state index in [9.17, 15) is 9.90 Å². The van der Waals surface area contributed by atoms with E-state index in [-0.39, 0.29) is 18.0 Å². The molecule has 0 aromatic rings. The van der Waals surface area contributed by atoms with Crippen molar-refractivity contribution in [1.82, 2.24) is 0 Å². The summed E-state index contributed by atoms with van der Waals surface area (Å²) in [6, 6.07) is 0. The van der Waals surface area contributed by atoms with E-state index < -0.39 is 5.60 Å². The molecule has 1 N–H and O–H groups in total. The fraction of sp³-hybridized carbons (Fsp3) is 0.900. The van der Waals surface area contributed by atoms with Crippen LogP contribution in [0.5, 0.6) is 0 Å². The Kier molecular flexibility index (Phi) is 3.91. The molecule has 0 aromatic carbocycles. The summed E-state index contributed by atoms with van der Waals surface area (Å²) in [6.45, 7) is 9.19. The van der Waals surface area contributed by atoms with Crippen LogP contribution in [0.2, 0.25) is 0 Å². The van der Waals surface area contributed by atoms with Gasteiger partial charge in [0.05, 0.1) is 12.0 Å². The van der Waals surface area contributed by atoms with E-state index in [0.29, 0.717) is 6.42 Å². The van der Waals surface area contributed by atoms with E-state index in [1.807, 2.05) is 20.8 Å². The molecular weight excluding hydrogens is 168 g/mol. The summed E-state index contributed by atoms with van der Waals surface area (Å²) in [5.41, 5.74) is -0.996. The Morgan fingerprint density at radius 3 is 2.00 bits per heavy atom. The average Bonchev–Trinajstić information content (AvgIpc) is 1.78. The molecule has 0 unspecified atom stereocenters. The van der Waals surface area contributed by atoms with Crippen molar-refractivity contribution in [1.29, 1.82) is 0 Å². The summed E-state index contributed by atoms with van der Waals surface area (Å²) >= 11 is 0. The van der Waals surface area contributed by atoms with Crippen molar-refractivity contribution in [2.24, 2.45) is 5.41 Å². The van der Waals surface area contributed by atoms with Gasteiger partial charge in [-0.25, -0.2) is 0 Å². The number of carbonyl (C=O) groups is 1. The Morgan fingerprint density at radius 1 is 1.23 bits per heavy atom. The first kappa shape index (κ1) is 12.4. The second-order valence-electron chi connectivity index (χ2n) is 5.21. The summed E-state index contributed by atoms with van der Waals surface area (Å²) in [7, 11) is 0. The van der Waals surface area contributed by atoms with Crippen LogP contribution in [-0.4, -0.2) is 23.3 Å². The van der Waals surface area contributed by atoms with Crippen molar-refractivity contribution in [3.05, 3.63) is 0 Å². The van der Waals surface area contributed by atoms with Gasteiger partial charge in [-0.1, -0.05) is 20.8 Å².